The molecule has 2 aromatic heterocycles. The number of nitrogens with two attached hydrogens (primary N) is 1. The smallest absolute Gasteiger partial charge is 0.263 e. The molecule has 0 amide bonds. The molecule has 0 aliphatic rings. The summed E-state index contributed by atoms with van der Waals surface area (Å²) in [5, 5.41) is 4.24. The molecule has 13 heavy (non-hydrogen) atoms. The Hall–Kier alpha value is -1.78. The summed E-state index contributed by atoms with van der Waals surface area (Å²) >= 11 is 0. The lowest BCUT2D eigenvalue weighted by Crippen LogP contribution is -1.91. The highest BCUT2D eigenvalue weighted by atomic mass is 16.5. The van der Waals surface area contributed by atoms with E-state index in [9.17, 15) is 0 Å². The highest BCUT2D eigenvalue weighted by Gasteiger charge is 2.12. The van der Waals surface area contributed by atoms with Gasteiger partial charge in [-0.3, -0.25) is 0 Å². The SMILES string of the molecule is COc1cc(C)nc2onc(N)c12. The van der Waals surface area contributed by atoms with Gasteiger partial charge in [-0.25, -0.2) is 4.98 Å². The van der Waals surface area contributed by atoms with Crippen molar-refractivity contribution in [1.82, 2.24) is 10.1 Å². The molecule has 0 unspecified atom stereocenters. The quantitative estimate of drug-likeness (QED) is 0.710. The molecule has 2 aromatic rings. The predicted octanol–water partition coefficient (Wildman–Crippen LogP) is 1.12. The maximum Gasteiger partial charge on any atom is 0.263 e. The number of aromatic nitrogens is 2. The standard InChI is InChI=1S/C8H9N3O2/c1-4-3-5(12-2)6-7(9)11-13-8(6)10-4/h3H,1-2H3,(H2,9,11). The fourth-order valence-corrected chi connectivity index (χ4v) is 1.22. The highest BCUT2D eigenvalue weighted by molar-refractivity contribution is 5.90. The molecule has 2 heterocycles. The number of hydrogen-bond acceptors (Lipinski definition) is 5. The molecule has 0 bridgehead atoms. The van der Waals surface area contributed by atoms with Gasteiger partial charge in [0.2, 0.25) is 0 Å². The normalized spacial score (nSPS) is 10.6. The van der Waals surface area contributed by atoms with E-state index in [0.29, 0.717) is 22.7 Å². The van der Waals surface area contributed by atoms with E-state index in [1.807, 2.05) is 6.92 Å². The van der Waals surface area contributed by atoms with Crippen LogP contribution in [0.5, 0.6) is 5.75 Å². The molecular weight excluding hydrogens is 170 g/mol. The van der Waals surface area contributed by atoms with Crippen molar-refractivity contribution in [2.75, 3.05) is 12.8 Å². The summed E-state index contributed by atoms with van der Waals surface area (Å²) in [5.74, 6) is 0.945. The van der Waals surface area contributed by atoms with Crippen molar-refractivity contribution in [1.29, 1.82) is 0 Å². The first-order chi connectivity index (χ1) is 6.22. The summed E-state index contributed by atoms with van der Waals surface area (Å²) in [6.45, 7) is 1.85. The van der Waals surface area contributed by atoms with Crippen molar-refractivity contribution in [3.8, 4) is 5.75 Å². The zero-order valence-corrected chi connectivity index (χ0v) is 7.37. The Kier molecular flexibility index (Phi) is 1.58. The summed E-state index contributed by atoms with van der Waals surface area (Å²) < 4.78 is 10.0. The Morgan fingerprint density at radius 3 is 3.00 bits per heavy atom. The molecule has 0 radical (unpaired) electrons. The number of anilines is 1. The molecule has 0 aliphatic carbocycles. The largest absolute Gasteiger partial charge is 0.496 e. The number of pyridine rings is 1. The first-order valence-corrected chi connectivity index (χ1v) is 3.79. The second kappa shape index (κ2) is 2.62. The molecule has 68 valence electrons. The second-order valence-electron chi connectivity index (χ2n) is 2.71. The summed E-state index contributed by atoms with van der Waals surface area (Å²) in [4.78, 5) is 4.12. The van der Waals surface area contributed by atoms with Gasteiger partial charge in [0.25, 0.3) is 5.71 Å². The summed E-state index contributed by atoms with van der Waals surface area (Å²) in [7, 11) is 1.57. The van der Waals surface area contributed by atoms with E-state index in [-0.39, 0.29) is 0 Å². The lowest BCUT2D eigenvalue weighted by atomic mass is 10.3. The van der Waals surface area contributed by atoms with Gasteiger partial charge in [-0.15, -0.1) is 0 Å². The number of aryl methyl sites for hydroxylation is 1. The zero-order valence-electron chi connectivity index (χ0n) is 7.37. The Morgan fingerprint density at radius 1 is 1.54 bits per heavy atom. The van der Waals surface area contributed by atoms with Crippen LogP contribution >= 0.6 is 0 Å². The Labute approximate surface area is 74.5 Å². The van der Waals surface area contributed by atoms with E-state index in [4.69, 9.17) is 15.0 Å². The molecule has 0 aromatic carbocycles. The molecule has 0 saturated heterocycles. The van der Waals surface area contributed by atoms with Gasteiger partial charge in [-0.1, -0.05) is 5.16 Å². The van der Waals surface area contributed by atoms with Crippen LogP contribution in [0.3, 0.4) is 0 Å². The van der Waals surface area contributed by atoms with E-state index in [2.05, 4.69) is 10.1 Å². The summed E-state index contributed by atoms with van der Waals surface area (Å²) in [6.07, 6.45) is 0. The zero-order chi connectivity index (χ0) is 9.42. The fraction of sp³-hybridized carbons (Fsp3) is 0.250. The van der Waals surface area contributed by atoms with Crippen molar-refractivity contribution in [3.05, 3.63) is 11.8 Å². The van der Waals surface area contributed by atoms with Gasteiger partial charge in [0.1, 0.15) is 11.1 Å². The number of nitrogen functional groups attached to an aromatic ring is 1. The molecule has 0 aliphatic heterocycles. The Balaban J connectivity index is 2.85. The van der Waals surface area contributed by atoms with Crippen LogP contribution in [0, 0.1) is 6.92 Å². The van der Waals surface area contributed by atoms with Crippen molar-refractivity contribution >= 4 is 16.9 Å². The van der Waals surface area contributed by atoms with Crippen LogP contribution < -0.4 is 10.5 Å². The fourth-order valence-electron chi connectivity index (χ4n) is 1.22. The van der Waals surface area contributed by atoms with Crippen LogP contribution in [0.2, 0.25) is 0 Å². The molecule has 0 spiro atoms. The molecule has 0 fully saturated rings. The van der Waals surface area contributed by atoms with Gasteiger partial charge in [-0.05, 0) is 6.92 Å². The molecule has 0 atom stereocenters. The van der Waals surface area contributed by atoms with Crippen LogP contribution in [0.15, 0.2) is 10.6 Å². The van der Waals surface area contributed by atoms with Crippen molar-refractivity contribution < 1.29 is 9.26 Å². The first-order valence-electron chi connectivity index (χ1n) is 3.79. The highest BCUT2D eigenvalue weighted by Crippen LogP contribution is 2.29. The number of hydrogen-bond donors (Lipinski definition) is 1. The number of rotatable bonds is 1. The Bertz CT molecular complexity index is 450. The van der Waals surface area contributed by atoms with Gasteiger partial charge in [0.05, 0.1) is 7.11 Å². The average Bonchev–Trinajstić information content (AvgIpc) is 2.46. The first kappa shape index (κ1) is 7.85. The van der Waals surface area contributed by atoms with Gasteiger partial charge in [0, 0.05) is 11.8 Å². The van der Waals surface area contributed by atoms with Crippen molar-refractivity contribution in [3.63, 3.8) is 0 Å². The number of methoxy groups -OCH3 is 1. The van der Waals surface area contributed by atoms with Gasteiger partial charge in [0.15, 0.2) is 5.82 Å². The van der Waals surface area contributed by atoms with E-state index in [1.165, 1.54) is 0 Å². The van der Waals surface area contributed by atoms with Crippen LogP contribution in [0.4, 0.5) is 5.82 Å². The van der Waals surface area contributed by atoms with E-state index >= 15 is 0 Å². The van der Waals surface area contributed by atoms with E-state index in [0.717, 1.165) is 5.69 Å². The van der Waals surface area contributed by atoms with E-state index < -0.39 is 0 Å². The van der Waals surface area contributed by atoms with Gasteiger partial charge >= 0.3 is 0 Å². The third kappa shape index (κ3) is 1.09. The topological polar surface area (TPSA) is 74.2 Å². The van der Waals surface area contributed by atoms with Crippen molar-refractivity contribution in [2.24, 2.45) is 0 Å². The third-order valence-electron chi connectivity index (χ3n) is 1.78. The average molecular weight is 179 g/mol. The minimum absolute atomic E-state index is 0.305. The maximum atomic E-state index is 5.58. The molecular formula is C8H9N3O2. The van der Waals surface area contributed by atoms with Gasteiger partial charge in [-0.2, -0.15) is 0 Å². The lowest BCUT2D eigenvalue weighted by Gasteiger charge is -2.00. The summed E-state index contributed by atoms with van der Waals surface area (Å²) in [6, 6.07) is 1.79. The maximum absolute atomic E-state index is 5.58. The Morgan fingerprint density at radius 2 is 2.31 bits per heavy atom. The molecule has 5 heteroatoms. The molecule has 2 rings (SSSR count). The van der Waals surface area contributed by atoms with Crippen molar-refractivity contribution in [2.45, 2.75) is 6.92 Å². The van der Waals surface area contributed by atoms with E-state index in [1.54, 1.807) is 13.2 Å². The van der Waals surface area contributed by atoms with Crippen LogP contribution in [-0.4, -0.2) is 17.3 Å². The van der Waals surface area contributed by atoms with Crippen LogP contribution in [-0.2, 0) is 0 Å². The number of ether oxygens (including phenoxy) is 1. The number of nitrogens with zero attached hydrogens (tertiary/aromatic N) is 2. The third-order valence-corrected chi connectivity index (χ3v) is 1.78. The lowest BCUT2D eigenvalue weighted by molar-refractivity contribution is 0.418. The van der Waals surface area contributed by atoms with Gasteiger partial charge < -0.3 is 15.0 Å². The van der Waals surface area contributed by atoms with Crippen LogP contribution in [0.25, 0.3) is 11.1 Å². The second-order valence-corrected chi connectivity index (χ2v) is 2.71. The minimum Gasteiger partial charge on any atom is -0.496 e. The minimum atomic E-state index is 0.305. The monoisotopic (exact) mass is 179 g/mol. The van der Waals surface area contributed by atoms with Crippen LogP contribution in [0.1, 0.15) is 5.69 Å². The molecule has 2 N–H and O–H groups in total. The number of fused-ring (bicyclic) bond motifs is 1. The predicted molar refractivity (Wildman–Crippen MR) is 47.5 cm³/mol. The molecule has 5 nitrogen and oxygen atoms in total. The summed E-state index contributed by atoms with van der Waals surface area (Å²) in [5.41, 5.74) is 6.80. The molecule has 0 saturated carbocycles.